The maximum absolute atomic E-state index is 9.10. The monoisotopic (exact) mass is 446 g/mol. The van der Waals surface area contributed by atoms with Gasteiger partial charge in [0.1, 0.15) is 13.2 Å². The largest absolute Gasteiger partial charge is 0.488 e. The van der Waals surface area contributed by atoms with Crippen molar-refractivity contribution in [2.75, 3.05) is 52.5 Å². The fraction of sp³-hybridized carbons (Fsp3) is 0.391. The van der Waals surface area contributed by atoms with Crippen LogP contribution in [-0.4, -0.2) is 79.6 Å². The molecule has 1 aliphatic heterocycles. The van der Waals surface area contributed by atoms with Crippen LogP contribution in [0.4, 0.5) is 0 Å². The van der Waals surface area contributed by atoms with Gasteiger partial charge in [-0.05, 0) is 17.7 Å². The van der Waals surface area contributed by atoms with Gasteiger partial charge in [0.05, 0.1) is 13.2 Å². The van der Waals surface area contributed by atoms with Crippen LogP contribution in [0, 0.1) is 0 Å². The third-order valence-electron chi connectivity index (χ3n) is 4.51. The summed E-state index contributed by atoms with van der Waals surface area (Å²) in [6.07, 6.45) is 0. The molecule has 9 heteroatoms. The van der Waals surface area contributed by atoms with Gasteiger partial charge in [0, 0.05) is 32.7 Å². The van der Waals surface area contributed by atoms with Crippen molar-refractivity contribution in [3.63, 3.8) is 0 Å². The van der Waals surface area contributed by atoms with Crippen molar-refractivity contribution in [2.45, 2.75) is 6.61 Å². The molecule has 0 unspecified atom stereocenters. The Bertz CT molecular complexity index is 799. The molecule has 174 valence electrons. The summed E-state index contributed by atoms with van der Waals surface area (Å²) in [5.41, 5.74) is 1.15. The number of morpholine rings is 1. The second-order valence-electron chi connectivity index (χ2n) is 6.88. The van der Waals surface area contributed by atoms with Crippen LogP contribution in [0.3, 0.4) is 0 Å². The molecule has 0 saturated carbocycles. The maximum atomic E-state index is 9.10. The number of carbonyl (C=O) groups is 2. The van der Waals surface area contributed by atoms with E-state index < -0.39 is 11.9 Å². The van der Waals surface area contributed by atoms with Crippen molar-refractivity contribution in [3.8, 4) is 11.5 Å². The smallest absolute Gasteiger partial charge is 0.414 e. The first-order chi connectivity index (χ1) is 15.6. The second-order valence-corrected chi connectivity index (χ2v) is 6.88. The van der Waals surface area contributed by atoms with Crippen molar-refractivity contribution >= 4 is 11.9 Å². The first-order valence-corrected chi connectivity index (χ1v) is 10.4. The number of para-hydroxylation sites is 2. The molecule has 1 heterocycles. The van der Waals surface area contributed by atoms with Crippen molar-refractivity contribution in [3.05, 3.63) is 60.2 Å². The SMILES string of the molecule is O=C(O)C(=O)O.c1ccc(COc2ccccc2OCCNCCN2CCOCC2)cc1. The zero-order valence-corrected chi connectivity index (χ0v) is 17.9. The van der Waals surface area contributed by atoms with Crippen molar-refractivity contribution < 1.29 is 34.0 Å². The van der Waals surface area contributed by atoms with Crippen molar-refractivity contribution in [2.24, 2.45) is 0 Å². The molecule has 32 heavy (non-hydrogen) atoms. The van der Waals surface area contributed by atoms with Crippen molar-refractivity contribution in [1.82, 2.24) is 10.2 Å². The van der Waals surface area contributed by atoms with Gasteiger partial charge in [-0.1, -0.05) is 42.5 Å². The Balaban J connectivity index is 0.000000534. The average Bonchev–Trinajstić information content (AvgIpc) is 2.82. The van der Waals surface area contributed by atoms with Crippen LogP contribution in [0.25, 0.3) is 0 Å². The number of carboxylic acid groups (broad SMARTS) is 2. The van der Waals surface area contributed by atoms with Gasteiger partial charge in [0.25, 0.3) is 0 Å². The lowest BCUT2D eigenvalue weighted by molar-refractivity contribution is -0.159. The Morgan fingerprint density at radius 1 is 0.875 bits per heavy atom. The number of nitrogens with zero attached hydrogens (tertiary/aromatic N) is 1. The van der Waals surface area contributed by atoms with Crippen LogP contribution < -0.4 is 14.8 Å². The predicted molar refractivity (Wildman–Crippen MR) is 118 cm³/mol. The molecule has 3 rings (SSSR count). The maximum Gasteiger partial charge on any atom is 0.414 e. The topological polar surface area (TPSA) is 118 Å². The molecule has 1 fully saturated rings. The van der Waals surface area contributed by atoms with Gasteiger partial charge in [-0.25, -0.2) is 9.59 Å². The Morgan fingerprint density at radius 3 is 2.09 bits per heavy atom. The van der Waals surface area contributed by atoms with Crippen LogP contribution in [0.2, 0.25) is 0 Å². The Kier molecular flexibility index (Phi) is 11.6. The molecule has 0 radical (unpaired) electrons. The number of benzene rings is 2. The molecular formula is C23H30N2O7. The molecule has 0 aromatic heterocycles. The van der Waals surface area contributed by atoms with E-state index in [0.29, 0.717) is 13.2 Å². The highest BCUT2D eigenvalue weighted by atomic mass is 16.5. The number of aliphatic carboxylic acids is 2. The Hall–Kier alpha value is -3.14. The van der Waals surface area contributed by atoms with Crippen molar-refractivity contribution in [1.29, 1.82) is 0 Å². The molecule has 0 atom stereocenters. The van der Waals surface area contributed by atoms with E-state index in [0.717, 1.165) is 63.0 Å². The number of carboxylic acids is 2. The quantitative estimate of drug-likeness (QED) is 0.370. The first kappa shape index (κ1) is 25.1. The summed E-state index contributed by atoms with van der Waals surface area (Å²) in [4.78, 5) is 20.6. The second kappa shape index (κ2) is 14.8. The van der Waals surface area contributed by atoms with Crippen LogP contribution >= 0.6 is 0 Å². The molecule has 0 bridgehead atoms. The zero-order chi connectivity index (χ0) is 23.0. The number of rotatable bonds is 10. The Morgan fingerprint density at radius 2 is 1.47 bits per heavy atom. The third-order valence-corrected chi connectivity index (χ3v) is 4.51. The van der Waals surface area contributed by atoms with Gasteiger partial charge < -0.3 is 29.7 Å². The number of nitrogens with one attached hydrogen (secondary N) is 1. The summed E-state index contributed by atoms with van der Waals surface area (Å²) in [7, 11) is 0. The number of ether oxygens (including phenoxy) is 3. The lowest BCUT2D eigenvalue weighted by atomic mass is 10.2. The minimum atomic E-state index is -1.82. The van der Waals surface area contributed by atoms with E-state index in [1.807, 2.05) is 42.5 Å². The van der Waals surface area contributed by atoms with E-state index in [1.165, 1.54) is 0 Å². The highest BCUT2D eigenvalue weighted by Gasteiger charge is 2.09. The van der Waals surface area contributed by atoms with Crippen LogP contribution in [0.5, 0.6) is 11.5 Å². The molecule has 0 amide bonds. The molecule has 1 saturated heterocycles. The fourth-order valence-electron chi connectivity index (χ4n) is 2.84. The lowest BCUT2D eigenvalue weighted by Gasteiger charge is -2.26. The predicted octanol–water partition coefficient (Wildman–Crippen LogP) is 1.72. The van der Waals surface area contributed by atoms with Crippen LogP contribution in [0.1, 0.15) is 5.56 Å². The summed E-state index contributed by atoms with van der Waals surface area (Å²) < 4.78 is 17.2. The molecule has 9 nitrogen and oxygen atoms in total. The van der Waals surface area contributed by atoms with Crippen LogP contribution in [-0.2, 0) is 20.9 Å². The van der Waals surface area contributed by atoms with E-state index in [9.17, 15) is 0 Å². The Labute approximate surface area is 187 Å². The van der Waals surface area contributed by atoms with Gasteiger partial charge in [-0.3, -0.25) is 4.90 Å². The minimum absolute atomic E-state index is 0.541. The zero-order valence-electron chi connectivity index (χ0n) is 17.9. The average molecular weight is 447 g/mol. The molecule has 0 spiro atoms. The third kappa shape index (κ3) is 10.3. The van der Waals surface area contributed by atoms with E-state index in [4.69, 9.17) is 34.0 Å². The van der Waals surface area contributed by atoms with Gasteiger partial charge in [0.2, 0.25) is 0 Å². The molecule has 0 aliphatic carbocycles. The molecular weight excluding hydrogens is 416 g/mol. The number of hydrogen-bond donors (Lipinski definition) is 3. The normalized spacial score (nSPS) is 13.5. The lowest BCUT2D eigenvalue weighted by Crippen LogP contribution is -2.40. The molecule has 1 aliphatic rings. The first-order valence-electron chi connectivity index (χ1n) is 10.4. The standard InChI is InChI=1S/C21H28N2O3.C2H2O4/c1-2-6-19(7-3-1)18-26-21-9-5-4-8-20(21)25-15-11-22-10-12-23-13-16-24-17-14-23;3-1(4)2(5)6/h1-9,22H,10-18H2;(H,3,4)(H,5,6). The summed E-state index contributed by atoms with van der Waals surface area (Å²) in [5, 5.41) is 18.2. The summed E-state index contributed by atoms with van der Waals surface area (Å²) in [6.45, 7) is 7.77. The molecule has 2 aromatic rings. The number of hydrogen-bond acceptors (Lipinski definition) is 7. The summed E-state index contributed by atoms with van der Waals surface area (Å²) >= 11 is 0. The molecule has 3 N–H and O–H groups in total. The molecule has 2 aromatic carbocycles. The van der Waals surface area contributed by atoms with Gasteiger partial charge >= 0.3 is 11.9 Å². The summed E-state index contributed by atoms with van der Waals surface area (Å²) in [6, 6.07) is 18.0. The van der Waals surface area contributed by atoms with E-state index in [1.54, 1.807) is 0 Å². The van der Waals surface area contributed by atoms with Gasteiger partial charge in [0.15, 0.2) is 11.5 Å². The van der Waals surface area contributed by atoms with E-state index >= 15 is 0 Å². The highest BCUT2D eigenvalue weighted by molar-refractivity contribution is 6.27. The minimum Gasteiger partial charge on any atom is -0.488 e. The van der Waals surface area contributed by atoms with E-state index in [2.05, 4.69) is 22.3 Å². The van der Waals surface area contributed by atoms with Crippen LogP contribution in [0.15, 0.2) is 54.6 Å². The highest BCUT2D eigenvalue weighted by Crippen LogP contribution is 2.27. The summed E-state index contributed by atoms with van der Waals surface area (Å²) in [5.74, 6) is -2.08. The van der Waals surface area contributed by atoms with E-state index in [-0.39, 0.29) is 0 Å². The van der Waals surface area contributed by atoms with Gasteiger partial charge in [-0.15, -0.1) is 0 Å². The van der Waals surface area contributed by atoms with Gasteiger partial charge in [-0.2, -0.15) is 0 Å². The fourth-order valence-corrected chi connectivity index (χ4v) is 2.84.